The van der Waals surface area contributed by atoms with Crippen molar-refractivity contribution in [1.29, 1.82) is 0 Å². The topological polar surface area (TPSA) is 69.6 Å². The van der Waals surface area contributed by atoms with Crippen molar-refractivity contribution in [3.8, 4) is 0 Å². The highest BCUT2D eigenvalue weighted by Crippen LogP contribution is 2.18. The van der Waals surface area contributed by atoms with Crippen molar-refractivity contribution in [2.75, 3.05) is 11.9 Å². The minimum Gasteiger partial charge on any atom is -0.390 e. The fourth-order valence-corrected chi connectivity index (χ4v) is 2.76. The van der Waals surface area contributed by atoms with E-state index in [1.807, 2.05) is 48.5 Å². The summed E-state index contributed by atoms with van der Waals surface area (Å²) in [6.45, 7) is 7.84. The Bertz CT molecular complexity index is 810. The molecule has 0 aliphatic rings. The highest BCUT2D eigenvalue weighted by molar-refractivity contribution is 5.99. The van der Waals surface area contributed by atoms with E-state index in [4.69, 9.17) is 0 Å². The third-order valence-electron chi connectivity index (χ3n) is 4.36. The lowest BCUT2D eigenvalue weighted by molar-refractivity contribution is -0.131. The lowest BCUT2D eigenvalue weighted by Crippen LogP contribution is -2.36. The first-order valence-corrected chi connectivity index (χ1v) is 9.34. The van der Waals surface area contributed by atoms with E-state index in [1.54, 1.807) is 24.8 Å². The molecule has 2 aromatic rings. The van der Waals surface area contributed by atoms with Gasteiger partial charge in [0.15, 0.2) is 0 Å². The molecule has 0 atom stereocenters. The van der Waals surface area contributed by atoms with Crippen LogP contribution in [0.1, 0.15) is 31.4 Å². The second-order valence-electron chi connectivity index (χ2n) is 7.39. The number of hydrogen-bond acceptors (Lipinski definition) is 3. The van der Waals surface area contributed by atoms with Crippen LogP contribution >= 0.6 is 0 Å². The summed E-state index contributed by atoms with van der Waals surface area (Å²) in [6.07, 6.45) is 1.83. The minimum absolute atomic E-state index is 0.0617. The fraction of sp³-hybridized carbons (Fsp3) is 0.304. The number of carbonyl (C=O) groups is 2. The number of aliphatic hydroxyl groups is 1. The number of hydrogen-bond donors (Lipinski definition) is 2. The molecule has 0 heterocycles. The van der Waals surface area contributed by atoms with Crippen LogP contribution in [0.3, 0.4) is 0 Å². The zero-order valence-electron chi connectivity index (χ0n) is 16.5. The highest BCUT2D eigenvalue weighted by Gasteiger charge is 2.20. The van der Waals surface area contributed by atoms with Crippen molar-refractivity contribution in [1.82, 2.24) is 4.90 Å². The van der Waals surface area contributed by atoms with Crippen molar-refractivity contribution in [3.63, 3.8) is 0 Å². The molecule has 0 aliphatic heterocycles. The summed E-state index contributed by atoms with van der Waals surface area (Å²) < 4.78 is 0. The third kappa shape index (κ3) is 7.00. The average Bonchev–Trinajstić information content (AvgIpc) is 2.66. The maximum atomic E-state index is 13.1. The van der Waals surface area contributed by atoms with E-state index in [2.05, 4.69) is 11.9 Å². The van der Waals surface area contributed by atoms with Crippen molar-refractivity contribution < 1.29 is 14.7 Å². The number of rotatable bonds is 9. The van der Waals surface area contributed by atoms with Crippen molar-refractivity contribution in [2.24, 2.45) is 0 Å². The van der Waals surface area contributed by atoms with Crippen LogP contribution < -0.4 is 5.32 Å². The summed E-state index contributed by atoms with van der Waals surface area (Å²) in [6, 6.07) is 17.0. The predicted molar refractivity (Wildman–Crippen MR) is 112 cm³/mol. The lowest BCUT2D eigenvalue weighted by Gasteiger charge is -2.27. The Labute approximate surface area is 166 Å². The first kappa shape index (κ1) is 21.4. The molecule has 0 unspecified atom stereocenters. The molecule has 0 aliphatic carbocycles. The van der Waals surface area contributed by atoms with Gasteiger partial charge in [-0.1, -0.05) is 55.1 Å². The molecular formula is C23H28N2O3. The van der Waals surface area contributed by atoms with Gasteiger partial charge in [-0.25, -0.2) is 0 Å². The van der Waals surface area contributed by atoms with E-state index >= 15 is 0 Å². The van der Waals surface area contributed by atoms with E-state index in [0.717, 1.165) is 11.1 Å². The van der Waals surface area contributed by atoms with Crippen molar-refractivity contribution in [2.45, 2.75) is 38.8 Å². The monoisotopic (exact) mass is 380 g/mol. The molecule has 0 bridgehead atoms. The summed E-state index contributed by atoms with van der Waals surface area (Å²) in [5.74, 6) is -0.378. The molecule has 2 aromatic carbocycles. The molecule has 2 N–H and O–H groups in total. The van der Waals surface area contributed by atoms with Crippen LogP contribution in [0.2, 0.25) is 0 Å². The summed E-state index contributed by atoms with van der Waals surface area (Å²) in [5, 5.41) is 12.8. The van der Waals surface area contributed by atoms with Gasteiger partial charge in [0.2, 0.25) is 11.8 Å². The number of anilines is 1. The van der Waals surface area contributed by atoms with Crippen LogP contribution in [0.5, 0.6) is 0 Å². The highest BCUT2D eigenvalue weighted by atomic mass is 16.3. The molecule has 0 aromatic heterocycles. The van der Waals surface area contributed by atoms with Crippen LogP contribution in [0, 0.1) is 0 Å². The molecule has 0 spiro atoms. The fourth-order valence-electron chi connectivity index (χ4n) is 2.76. The van der Waals surface area contributed by atoms with Gasteiger partial charge < -0.3 is 15.3 Å². The molecule has 148 valence electrons. The summed E-state index contributed by atoms with van der Waals surface area (Å²) >= 11 is 0. The van der Waals surface area contributed by atoms with Gasteiger partial charge in [-0.2, -0.15) is 0 Å². The van der Waals surface area contributed by atoms with E-state index in [0.29, 0.717) is 25.2 Å². The van der Waals surface area contributed by atoms with E-state index in [1.165, 1.54) is 6.08 Å². The average molecular weight is 380 g/mol. The summed E-state index contributed by atoms with van der Waals surface area (Å²) in [7, 11) is 0. The first-order chi connectivity index (χ1) is 13.3. The Morgan fingerprint density at radius 1 is 1.11 bits per heavy atom. The molecule has 2 amide bonds. The maximum Gasteiger partial charge on any atom is 0.247 e. The number of amides is 2. The largest absolute Gasteiger partial charge is 0.390 e. The van der Waals surface area contributed by atoms with Crippen LogP contribution in [0.4, 0.5) is 5.69 Å². The van der Waals surface area contributed by atoms with E-state index in [-0.39, 0.29) is 18.2 Å². The molecule has 28 heavy (non-hydrogen) atoms. The molecule has 0 radical (unpaired) electrons. The smallest absolute Gasteiger partial charge is 0.247 e. The normalized spacial score (nSPS) is 11.0. The van der Waals surface area contributed by atoms with E-state index < -0.39 is 5.60 Å². The van der Waals surface area contributed by atoms with E-state index in [9.17, 15) is 14.7 Å². The Balaban J connectivity index is 2.17. The zero-order valence-corrected chi connectivity index (χ0v) is 16.5. The minimum atomic E-state index is -0.856. The quantitative estimate of drug-likeness (QED) is 0.654. The van der Waals surface area contributed by atoms with Gasteiger partial charge in [-0.05, 0) is 43.5 Å². The van der Waals surface area contributed by atoms with Crippen LogP contribution in [-0.2, 0) is 22.6 Å². The van der Waals surface area contributed by atoms with Crippen LogP contribution in [0.15, 0.2) is 67.3 Å². The number of benzene rings is 2. The molecule has 0 fully saturated rings. The molecule has 5 heteroatoms. The summed E-state index contributed by atoms with van der Waals surface area (Å²) in [4.78, 5) is 26.5. The summed E-state index contributed by atoms with van der Waals surface area (Å²) in [5.41, 5.74) is 1.51. The number of nitrogens with zero attached hydrogens (tertiary/aromatic N) is 1. The van der Waals surface area contributed by atoms with Gasteiger partial charge in [0.1, 0.15) is 0 Å². The lowest BCUT2D eigenvalue weighted by atomic mass is 10.0. The molecule has 0 saturated heterocycles. The van der Waals surface area contributed by atoms with Crippen molar-refractivity contribution >= 4 is 17.5 Å². The second-order valence-corrected chi connectivity index (χ2v) is 7.39. The number of para-hydroxylation sites is 1. The standard InChI is InChI=1S/C23H28N2O3/c1-4-21(26)24-20-13-9-8-12-19(20)16-22(27)25(15-14-23(2,3)28)17-18-10-6-5-7-11-18/h4-13,28H,1,14-17H2,2-3H3,(H,24,26). The molecule has 0 saturated carbocycles. The van der Waals surface area contributed by atoms with Gasteiger partial charge in [0.25, 0.3) is 0 Å². The second kappa shape index (κ2) is 9.85. The molecular weight excluding hydrogens is 352 g/mol. The van der Waals surface area contributed by atoms with Gasteiger partial charge in [0.05, 0.1) is 12.0 Å². The SMILES string of the molecule is C=CC(=O)Nc1ccccc1CC(=O)N(CCC(C)(C)O)Cc1ccccc1. The Kier molecular flexibility index (Phi) is 7.52. The zero-order chi connectivity index (χ0) is 20.6. The first-order valence-electron chi connectivity index (χ1n) is 9.34. The van der Waals surface area contributed by atoms with Gasteiger partial charge in [-0.3, -0.25) is 9.59 Å². The Morgan fingerprint density at radius 3 is 2.39 bits per heavy atom. The van der Waals surface area contributed by atoms with Crippen LogP contribution in [-0.4, -0.2) is 34.0 Å². The van der Waals surface area contributed by atoms with Gasteiger partial charge >= 0.3 is 0 Å². The Hall–Kier alpha value is -2.92. The van der Waals surface area contributed by atoms with Crippen LogP contribution in [0.25, 0.3) is 0 Å². The van der Waals surface area contributed by atoms with Gasteiger partial charge in [-0.15, -0.1) is 0 Å². The van der Waals surface area contributed by atoms with Gasteiger partial charge in [0, 0.05) is 18.8 Å². The number of carbonyl (C=O) groups excluding carboxylic acids is 2. The maximum absolute atomic E-state index is 13.1. The third-order valence-corrected chi connectivity index (χ3v) is 4.36. The molecule has 5 nitrogen and oxygen atoms in total. The molecule has 2 rings (SSSR count). The van der Waals surface area contributed by atoms with Crippen molar-refractivity contribution in [3.05, 3.63) is 78.4 Å². The predicted octanol–water partition coefficient (Wildman–Crippen LogP) is 3.54. The Morgan fingerprint density at radius 2 is 1.75 bits per heavy atom. The number of nitrogens with one attached hydrogen (secondary N) is 1.